The minimum absolute atomic E-state index is 0.0395. The van der Waals surface area contributed by atoms with Gasteiger partial charge in [0.05, 0.1) is 10.6 Å². The molecule has 6 nitrogen and oxygen atoms in total. The minimum atomic E-state index is -0.267. The van der Waals surface area contributed by atoms with Gasteiger partial charge in [-0.2, -0.15) is 0 Å². The maximum atomic E-state index is 12.8. The third-order valence-electron chi connectivity index (χ3n) is 4.64. The number of carbonyl (C=O) groups is 1. The fourth-order valence-electron chi connectivity index (χ4n) is 3.24. The molecule has 2 heterocycles. The van der Waals surface area contributed by atoms with E-state index in [4.69, 9.17) is 25.8 Å². The number of fused-ring (bicyclic) bond motifs is 1. The van der Waals surface area contributed by atoms with E-state index in [1.165, 1.54) is 0 Å². The molecule has 1 atom stereocenters. The first-order chi connectivity index (χ1) is 13.2. The summed E-state index contributed by atoms with van der Waals surface area (Å²) in [6.07, 6.45) is 2.05. The van der Waals surface area contributed by atoms with Crippen LogP contribution in [0, 0.1) is 0 Å². The molecule has 4 rings (SSSR count). The maximum absolute atomic E-state index is 12.8. The zero-order valence-electron chi connectivity index (χ0n) is 14.8. The van der Waals surface area contributed by atoms with Gasteiger partial charge < -0.3 is 24.8 Å². The first-order valence-corrected chi connectivity index (χ1v) is 9.41. The van der Waals surface area contributed by atoms with E-state index in [1.54, 1.807) is 18.2 Å². The van der Waals surface area contributed by atoms with Gasteiger partial charge in [-0.1, -0.05) is 23.7 Å². The molecule has 0 spiro atoms. The highest BCUT2D eigenvalue weighted by Gasteiger charge is 2.21. The lowest BCUT2D eigenvalue weighted by Gasteiger charge is -2.25. The van der Waals surface area contributed by atoms with Crippen LogP contribution in [0.3, 0.4) is 0 Å². The number of amides is 1. The largest absolute Gasteiger partial charge is 0.488 e. The Morgan fingerprint density at radius 2 is 2.15 bits per heavy atom. The molecule has 1 fully saturated rings. The van der Waals surface area contributed by atoms with Gasteiger partial charge in [0.25, 0.3) is 5.91 Å². The highest BCUT2D eigenvalue weighted by Crippen LogP contribution is 2.32. The number of rotatable bonds is 5. The molecule has 1 amide bonds. The van der Waals surface area contributed by atoms with Gasteiger partial charge in [0.15, 0.2) is 11.5 Å². The van der Waals surface area contributed by atoms with E-state index in [0.29, 0.717) is 34.4 Å². The van der Waals surface area contributed by atoms with Crippen molar-refractivity contribution < 1.29 is 19.0 Å². The van der Waals surface area contributed by atoms with Crippen molar-refractivity contribution in [2.45, 2.75) is 25.5 Å². The van der Waals surface area contributed by atoms with Crippen LogP contribution in [0.2, 0.25) is 5.02 Å². The summed E-state index contributed by atoms with van der Waals surface area (Å²) in [5.41, 5.74) is 1.28. The van der Waals surface area contributed by atoms with E-state index in [-0.39, 0.29) is 18.8 Å². The average Bonchev–Trinajstić information content (AvgIpc) is 3.15. The number of hydrogen-bond acceptors (Lipinski definition) is 5. The molecule has 142 valence electrons. The lowest BCUT2D eigenvalue weighted by molar-refractivity contribution is 0.0941. The summed E-state index contributed by atoms with van der Waals surface area (Å²) >= 11 is 6.31. The summed E-state index contributed by atoms with van der Waals surface area (Å²) in [5.74, 6) is 1.65. The molecule has 0 bridgehead atoms. The van der Waals surface area contributed by atoms with Crippen LogP contribution in [0.25, 0.3) is 0 Å². The molecule has 27 heavy (non-hydrogen) atoms. The molecule has 2 aliphatic heterocycles. The van der Waals surface area contributed by atoms with Gasteiger partial charge in [0.1, 0.15) is 11.9 Å². The van der Waals surface area contributed by atoms with E-state index in [0.717, 1.165) is 31.5 Å². The van der Waals surface area contributed by atoms with Gasteiger partial charge in [0, 0.05) is 13.1 Å². The Morgan fingerprint density at radius 1 is 1.26 bits per heavy atom. The second-order valence-electron chi connectivity index (χ2n) is 6.57. The second kappa shape index (κ2) is 8.06. The van der Waals surface area contributed by atoms with Gasteiger partial charge in [-0.3, -0.25) is 4.79 Å². The summed E-state index contributed by atoms with van der Waals surface area (Å²) < 4.78 is 16.7. The van der Waals surface area contributed by atoms with Crippen molar-refractivity contribution in [3.8, 4) is 17.2 Å². The highest BCUT2D eigenvalue weighted by atomic mass is 35.5. The van der Waals surface area contributed by atoms with E-state index < -0.39 is 0 Å². The molecule has 2 aliphatic rings. The van der Waals surface area contributed by atoms with Gasteiger partial charge in [-0.05, 0) is 49.2 Å². The summed E-state index contributed by atoms with van der Waals surface area (Å²) in [7, 11) is 0. The lowest BCUT2D eigenvalue weighted by atomic mass is 10.1. The predicted octanol–water partition coefficient (Wildman–Crippen LogP) is 3.13. The smallest absolute Gasteiger partial charge is 0.256 e. The maximum Gasteiger partial charge on any atom is 0.256 e. The zero-order valence-corrected chi connectivity index (χ0v) is 15.6. The van der Waals surface area contributed by atoms with Crippen molar-refractivity contribution in [2.24, 2.45) is 0 Å². The lowest BCUT2D eigenvalue weighted by Crippen LogP contribution is -2.37. The molecular formula is C20H21ClN2O4. The molecule has 0 aliphatic carbocycles. The minimum Gasteiger partial charge on any atom is -0.488 e. The highest BCUT2D eigenvalue weighted by molar-refractivity contribution is 6.34. The summed E-state index contributed by atoms with van der Waals surface area (Å²) in [5, 5.41) is 6.59. The van der Waals surface area contributed by atoms with Crippen LogP contribution >= 0.6 is 11.6 Å². The fourth-order valence-corrected chi connectivity index (χ4v) is 3.50. The van der Waals surface area contributed by atoms with Gasteiger partial charge >= 0.3 is 0 Å². The number of halogens is 1. The monoisotopic (exact) mass is 388 g/mol. The Balaban J connectivity index is 1.46. The van der Waals surface area contributed by atoms with Crippen molar-refractivity contribution in [2.75, 3.05) is 19.9 Å². The van der Waals surface area contributed by atoms with Crippen molar-refractivity contribution >= 4 is 17.5 Å². The van der Waals surface area contributed by atoms with Crippen molar-refractivity contribution in [3.63, 3.8) is 0 Å². The molecular weight excluding hydrogens is 368 g/mol. The standard InChI is InChI=1S/C20H21ClN2O4/c21-15-4-1-5-17(27-14-3-2-8-22-11-14)19(15)20(24)23-10-13-6-7-16-18(9-13)26-12-25-16/h1,4-7,9,14,22H,2-3,8,10-12H2,(H,23,24). The van der Waals surface area contributed by atoms with Gasteiger partial charge in [0.2, 0.25) is 6.79 Å². The Labute approximate surface area is 162 Å². The SMILES string of the molecule is O=C(NCc1ccc2c(c1)OCO2)c1c(Cl)cccc1OC1CCCNC1. The molecule has 2 aromatic rings. The fraction of sp³-hybridized carbons (Fsp3) is 0.350. The second-order valence-corrected chi connectivity index (χ2v) is 6.98. The van der Waals surface area contributed by atoms with Crippen LogP contribution in [-0.4, -0.2) is 31.9 Å². The molecule has 1 unspecified atom stereocenters. The number of carbonyl (C=O) groups excluding carboxylic acids is 1. The third-order valence-corrected chi connectivity index (χ3v) is 4.95. The molecule has 0 saturated carbocycles. The van der Waals surface area contributed by atoms with Gasteiger partial charge in [-0.25, -0.2) is 0 Å². The van der Waals surface area contributed by atoms with E-state index in [1.807, 2.05) is 18.2 Å². The first kappa shape index (κ1) is 17.9. The quantitative estimate of drug-likeness (QED) is 0.823. The van der Waals surface area contributed by atoms with Gasteiger partial charge in [-0.15, -0.1) is 0 Å². The van der Waals surface area contributed by atoms with Crippen molar-refractivity contribution in [1.29, 1.82) is 0 Å². The average molecular weight is 389 g/mol. The van der Waals surface area contributed by atoms with E-state index in [2.05, 4.69) is 10.6 Å². The molecule has 2 aromatic carbocycles. The van der Waals surface area contributed by atoms with Crippen LogP contribution in [-0.2, 0) is 6.54 Å². The topological polar surface area (TPSA) is 68.8 Å². The van der Waals surface area contributed by atoms with Crippen LogP contribution in [0.4, 0.5) is 0 Å². The number of piperidine rings is 1. The molecule has 1 saturated heterocycles. The van der Waals surface area contributed by atoms with Crippen LogP contribution < -0.4 is 24.8 Å². The Hall–Kier alpha value is -2.44. The first-order valence-electron chi connectivity index (χ1n) is 9.03. The van der Waals surface area contributed by atoms with Crippen LogP contribution in [0.5, 0.6) is 17.2 Å². The Bertz CT molecular complexity index is 837. The normalized spacial score (nSPS) is 18.2. The third kappa shape index (κ3) is 4.12. The molecule has 7 heteroatoms. The van der Waals surface area contributed by atoms with Crippen molar-refractivity contribution in [1.82, 2.24) is 10.6 Å². The molecule has 2 N–H and O–H groups in total. The van der Waals surface area contributed by atoms with Crippen LogP contribution in [0.15, 0.2) is 36.4 Å². The van der Waals surface area contributed by atoms with E-state index >= 15 is 0 Å². The zero-order chi connectivity index (χ0) is 18.6. The Kier molecular flexibility index (Phi) is 5.36. The number of ether oxygens (including phenoxy) is 3. The Morgan fingerprint density at radius 3 is 3.00 bits per heavy atom. The summed E-state index contributed by atoms with van der Waals surface area (Å²) in [6, 6.07) is 10.9. The number of benzene rings is 2. The summed E-state index contributed by atoms with van der Waals surface area (Å²) in [6.45, 7) is 2.34. The molecule has 0 radical (unpaired) electrons. The molecule has 0 aromatic heterocycles. The number of nitrogens with one attached hydrogen (secondary N) is 2. The summed E-state index contributed by atoms with van der Waals surface area (Å²) in [4.78, 5) is 12.8. The van der Waals surface area contributed by atoms with E-state index in [9.17, 15) is 4.79 Å². The van der Waals surface area contributed by atoms with Crippen LogP contribution in [0.1, 0.15) is 28.8 Å². The van der Waals surface area contributed by atoms with Crippen molar-refractivity contribution in [3.05, 3.63) is 52.5 Å². The predicted molar refractivity (Wildman–Crippen MR) is 102 cm³/mol. The number of hydrogen-bond donors (Lipinski definition) is 2.